The minimum Gasteiger partial charge on any atom is -0.117 e. The molecule has 0 N–H and O–H groups in total. The molecule has 58 heavy (non-hydrogen) atoms. The average Bonchev–Trinajstić information content (AvgIpc) is 3.84. The Morgan fingerprint density at radius 3 is 0.552 bits per heavy atom. The van der Waals surface area contributed by atoms with Crippen molar-refractivity contribution in [3.63, 3.8) is 0 Å². The highest BCUT2D eigenvalue weighted by Gasteiger charge is 2.30. The Bertz CT molecular complexity index is 881. The molecule has 0 amide bonds. The second-order valence-electron chi connectivity index (χ2n) is 16.8. The van der Waals surface area contributed by atoms with Crippen molar-refractivity contribution < 1.29 is 0 Å². The predicted octanol–water partition coefficient (Wildman–Crippen LogP) is 22.4. The van der Waals surface area contributed by atoms with E-state index in [1.54, 1.807) is 25.4 Å². The van der Waals surface area contributed by atoms with Gasteiger partial charge in [-0.3, -0.25) is 0 Å². The van der Waals surface area contributed by atoms with Gasteiger partial charge in [0.2, 0.25) is 0 Å². The molecule has 2 aliphatic rings. The van der Waals surface area contributed by atoms with Crippen molar-refractivity contribution in [2.75, 3.05) is 23.0 Å². The van der Waals surface area contributed by atoms with E-state index in [1.165, 1.54) is 254 Å². The summed E-state index contributed by atoms with van der Waals surface area (Å²) in [6.07, 6.45) is 51.1. The lowest BCUT2D eigenvalue weighted by Gasteiger charge is -2.06. The summed E-state index contributed by atoms with van der Waals surface area (Å²) in [7, 11) is 0. The summed E-state index contributed by atoms with van der Waals surface area (Å²) < 4.78 is 9.73. The fourth-order valence-corrected chi connectivity index (χ4v) is 19.6. The van der Waals surface area contributed by atoms with E-state index in [2.05, 4.69) is 122 Å². The molecule has 0 saturated carbocycles. The zero-order valence-corrected chi connectivity index (χ0v) is 45.1. The smallest absolute Gasteiger partial charge is 0.0717 e. The van der Waals surface area contributed by atoms with E-state index in [1.807, 2.05) is 0 Å². The van der Waals surface area contributed by atoms with Crippen LogP contribution in [0.25, 0.3) is 0 Å². The first-order valence-corrected chi connectivity index (χ1v) is 32.4. The molecular weight excluding hydrogens is 857 g/mol. The van der Waals surface area contributed by atoms with Gasteiger partial charge in [0.15, 0.2) is 0 Å². The second kappa shape index (κ2) is 42.9. The van der Waals surface area contributed by atoms with Crippen LogP contribution < -0.4 is 0 Å². The highest BCUT2D eigenvalue weighted by Crippen LogP contribution is 2.66. The average molecular weight is 950 g/mol. The zero-order valence-electron chi connectivity index (χ0n) is 38.6. The lowest BCUT2D eigenvalue weighted by Crippen LogP contribution is -1.85. The molecule has 0 fully saturated rings. The second-order valence-corrected chi connectivity index (χ2v) is 26.9. The number of rotatable bonds is 44. The number of thioether (sulfide) groups is 8. The maximum Gasteiger partial charge on any atom is 0.0717 e. The summed E-state index contributed by atoms with van der Waals surface area (Å²) in [6.45, 7) is 9.29. The van der Waals surface area contributed by atoms with Crippen molar-refractivity contribution in [3.8, 4) is 0 Å². The normalized spacial score (nSPS) is 14.7. The third-order valence-corrected chi connectivity index (χ3v) is 23.1. The first-order chi connectivity index (χ1) is 28.7. The van der Waals surface area contributed by atoms with E-state index in [4.69, 9.17) is 0 Å². The standard InChI is InChI=1S/C50H92S8/c1-5-9-13-17-21-25-29-33-37-41-51-45-46(52-42-38-34-30-26-22-18-14-10-6-2)56-49(55-45)50-57-47(53-43-39-35-31-27-23-19-15-11-7-3)48(58-50)54-44-40-36-32-28-24-20-16-12-8-4/h5-44H2,1-4H3. The van der Waals surface area contributed by atoms with E-state index in [0.717, 1.165) is 0 Å². The third-order valence-electron chi connectivity index (χ3n) is 11.2. The van der Waals surface area contributed by atoms with Gasteiger partial charge >= 0.3 is 0 Å². The van der Waals surface area contributed by atoms with E-state index in [9.17, 15) is 0 Å². The summed E-state index contributed by atoms with van der Waals surface area (Å²) in [6, 6.07) is 0. The lowest BCUT2D eigenvalue weighted by atomic mass is 10.1. The van der Waals surface area contributed by atoms with Crippen LogP contribution in [-0.4, -0.2) is 23.0 Å². The van der Waals surface area contributed by atoms with Crippen LogP contribution in [0.5, 0.6) is 0 Å². The first-order valence-electron chi connectivity index (χ1n) is 25.2. The third kappa shape index (κ3) is 31.0. The van der Waals surface area contributed by atoms with E-state index >= 15 is 0 Å². The predicted molar refractivity (Wildman–Crippen MR) is 290 cm³/mol. The minimum absolute atomic E-state index is 1.29. The van der Waals surface area contributed by atoms with Gasteiger partial charge in [0.1, 0.15) is 0 Å². The first kappa shape index (κ1) is 56.2. The minimum atomic E-state index is 1.29. The van der Waals surface area contributed by atoms with E-state index < -0.39 is 0 Å². The molecule has 0 atom stereocenters. The highest BCUT2D eigenvalue weighted by molar-refractivity contribution is 8.45. The highest BCUT2D eigenvalue weighted by atomic mass is 32.3. The summed E-state index contributed by atoms with van der Waals surface area (Å²) in [5, 5.41) is 0. The van der Waals surface area contributed by atoms with Crippen molar-refractivity contribution in [3.05, 3.63) is 25.4 Å². The zero-order chi connectivity index (χ0) is 41.4. The van der Waals surface area contributed by atoms with Crippen LogP contribution in [0, 0.1) is 0 Å². The van der Waals surface area contributed by atoms with Gasteiger partial charge in [0.25, 0.3) is 0 Å². The molecule has 0 bridgehead atoms. The molecule has 0 saturated heterocycles. The quantitative estimate of drug-likeness (QED) is 0.0547. The Labute approximate surface area is 398 Å². The Morgan fingerprint density at radius 2 is 0.379 bits per heavy atom. The van der Waals surface area contributed by atoms with Crippen LogP contribution >= 0.6 is 94.1 Å². The molecule has 0 unspecified atom stereocenters. The van der Waals surface area contributed by atoms with Crippen LogP contribution in [0.4, 0.5) is 0 Å². The lowest BCUT2D eigenvalue weighted by molar-refractivity contribution is 0.573. The molecule has 0 spiro atoms. The molecule has 0 radical (unpaired) electrons. The van der Waals surface area contributed by atoms with Gasteiger partial charge in [0.05, 0.1) is 25.4 Å². The summed E-state index contributed by atoms with van der Waals surface area (Å²) >= 11 is 17.4. The SMILES string of the molecule is CCCCCCCCCCCSC1=C(SCCCCCCCCCCC)SC(=C2SC(SCCCCCCCCCCC)=C(SCCCCCCCCCCC)S2)S1. The molecule has 0 aromatic heterocycles. The van der Waals surface area contributed by atoms with Crippen LogP contribution in [0.2, 0.25) is 0 Å². The fraction of sp³-hybridized carbons (Fsp3) is 0.880. The Kier molecular flexibility index (Phi) is 41.6. The van der Waals surface area contributed by atoms with Crippen molar-refractivity contribution in [1.29, 1.82) is 0 Å². The van der Waals surface area contributed by atoms with Crippen LogP contribution in [0.3, 0.4) is 0 Å². The molecular formula is C50H92S8. The molecule has 2 aliphatic heterocycles. The van der Waals surface area contributed by atoms with Gasteiger partial charge in [-0.15, -0.1) is 47.0 Å². The van der Waals surface area contributed by atoms with Crippen molar-refractivity contribution in [2.45, 2.75) is 259 Å². The van der Waals surface area contributed by atoms with Crippen LogP contribution in [0.1, 0.15) is 259 Å². The van der Waals surface area contributed by atoms with Gasteiger partial charge in [-0.1, -0.05) is 280 Å². The summed E-state index contributed by atoms with van der Waals surface area (Å²) in [5.74, 6) is 5.17. The Balaban J connectivity index is 1.92. The van der Waals surface area contributed by atoms with Gasteiger partial charge in [-0.05, 0) is 48.7 Å². The Morgan fingerprint density at radius 1 is 0.224 bits per heavy atom. The molecule has 2 heterocycles. The van der Waals surface area contributed by atoms with Crippen molar-refractivity contribution in [1.82, 2.24) is 0 Å². The number of unbranched alkanes of at least 4 members (excludes halogenated alkanes) is 32. The molecule has 0 aromatic carbocycles. The molecule has 2 rings (SSSR count). The van der Waals surface area contributed by atoms with E-state index in [-0.39, 0.29) is 0 Å². The largest absolute Gasteiger partial charge is 0.117 e. The van der Waals surface area contributed by atoms with Gasteiger partial charge in [-0.2, -0.15) is 0 Å². The Hall–Kier alpha value is 2.02. The summed E-state index contributed by atoms with van der Waals surface area (Å²) in [4.78, 5) is 0. The topological polar surface area (TPSA) is 0 Å². The van der Waals surface area contributed by atoms with Crippen LogP contribution in [-0.2, 0) is 0 Å². The van der Waals surface area contributed by atoms with Crippen LogP contribution in [0.15, 0.2) is 25.4 Å². The fourth-order valence-electron chi connectivity index (χ4n) is 7.38. The molecule has 0 aliphatic carbocycles. The maximum absolute atomic E-state index is 2.32. The summed E-state index contributed by atoms with van der Waals surface area (Å²) in [5.41, 5.74) is 0. The number of hydrogen-bond acceptors (Lipinski definition) is 8. The molecule has 0 nitrogen and oxygen atoms in total. The maximum atomic E-state index is 2.32. The van der Waals surface area contributed by atoms with Crippen molar-refractivity contribution >= 4 is 94.1 Å². The molecule has 8 heteroatoms. The van der Waals surface area contributed by atoms with E-state index in [0.29, 0.717) is 0 Å². The molecule has 340 valence electrons. The number of hydrogen-bond donors (Lipinski definition) is 0. The van der Waals surface area contributed by atoms with Gasteiger partial charge in [0, 0.05) is 0 Å². The van der Waals surface area contributed by atoms with Gasteiger partial charge < -0.3 is 0 Å². The van der Waals surface area contributed by atoms with Crippen molar-refractivity contribution in [2.24, 2.45) is 0 Å². The van der Waals surface area contributed by atoms with Gasteiger partial charge in [-0.25, -0.2) is 0 Å². The molecule has 0 aromatic rings. The monoisotopic (exact) mass is 948 g/mol.